The van der Waals surface area contributed by atoms with E-state index in [0.29, 0.717) is 18.5 Å². The van der Waals surface area contributed by atoms with Crippen molar-refractivity contribution < 1.29 is 4.79 Å². The highest BCUT2D eigenvalue weighted by atomic mass is 16.1. The lowest BCUT2D eigenvalue weighted by atomic mass is 10.2. The van der Waals surface area contributed by atoms with E-state index in [0.717, 1.165) is 37.6 Å². The van der Waals surface area contributed by atoms with Crippen LogP contribution < -0.4 is 15.5 Å². The van der Waals surface area contributed by atoms with E-state index < -0.39 is 0 Å². The molecule has 0 atom stereocenters. The highest BCUT2D eigenvalue weighted by molar-refractivity contribution is 5.91. The van der Waals surface area contributed by atoms with Gasteiger partial charge in [-0.25, -0.2) is 0 Å². The van der Waals surface area contributed by atoms with E-state index in [1.54, 1.807) is 6.07 Å². The molecule has 1 saturated heterocycles. The Morgan fingerprint density at radius 3 is 2.48 bits per heavy atom. The van der Waals surface area contributed by atoms with Gasteiger partial charge in [0, 0.05) is 50.5 Å². The SMILES string of the molecule is CN1CCN(c2ccc(NC(=O)CCNc3ccccc3C#N)cc2)CC1. The molecule has 0 aliphatic carbocycles. The minimum absolute atomic E-state index is 0.0516. The van der Waals surface area contributed by atoms with Gasteiger partial charge in [0.1, 0.15) is 6.07 Å². The second-order valence-corrected chi connectivity index (χ2v) is 6.72. The van der Waals surface area contributed by atoms with Crippen LogP contribution in [0.25, 0.3) is 0 Å². The fourth-order valence-electron chi connectivity index (χ4n) is 3.09. The largest absolute Gasteiger partial charge is 0.383 e. The third-order valence-electron chi connectivity index (χ3n) is 4.73. The van der Waals surface area contributed by atoms with Crippen LogP contribution in [0.4, 0.5) is 17.1 Å². The molecule has 1 aliphatic rings. The zero-order valence-corrected chi connectivity index (χ0v) is 15.6. The molecule has 1 fully saturated rings. The standard InChI is InChI=1S/C21H25N5O/c1-25-12-14-26(15-13-25)19-8-6-18(7-9-19)24-21(27)10-11-23-20-5-3-2-4-17(20)16-22/h2-9,23H,10-15H2,1H3,(H,24,27). The Morgan fingerprint density at radius 2 is 1.78 bits per heavy atom. The van der Waals surface area contributed by atoms with E-state index in [1.807, 2.05) is 30.3 Å². The summed E-state index contributed by atoms with van der Waals surface area (Å²) in [6, 6.07) is 17.4. The number of hydrogen-bond acceptors (Lipinski definition) is 5. The monoisotopic (exact) mass is 363 g/mol. The number of benzene rings is 2. The molecule has 6 nitrogen and oxygen atoms in total. The zero-order valence-electron chi connectivity index (χ0n) is 15.6. The molecule has 0 aromatic heterocycles. The number of nitrogens with one attached hydrogen (secondary N) is 2. The molecule has 27 heavy (non-hydrogen) atoms. The summed E-state index contributed by atoms with van der Waals surface area (Å²) in [5, 5.41) is 15.1. The van der Waals surface area contributed by atoms with Gasteiger partial charge in [-0.05, 0) is 43.4 Å². The number of amides is 1. The lowest BCUT2D eigenvalue weighted by Crippen LogP contribution is -2.44. The van der Waals surface area contributed by atoms with Crippen molar-refractivity contribution in [2.75, 3.05) is 55.3 Å². The molecule has 1 heterocycles. The van der Waals surface area contributed by atoms with Gasteiger partial charge in [-0.2, -0.15) is 5.26 Å². The van der Waals surface area contributed by atoms with E-state index in [4.69, 9.17) is 5.26 Å². The smallest absolute Gasteiger partial charge is 0.226 e. The molecular weight excluding hydrogens is 338 g/mol. The number of para-hydroxylation sites is 1. The zero-order chi connectivity index (χ0) is 19.1. The van der Waals surface area contributed by atoms with Crippen LogP contribution in [0.3, 0.4) is 0 Å². The van der Waals surface area contributed by atoms with E-state index in [1.165, 1.54) is 5.69 Å². The van der Waals surface area contributed by atoms with Crippen LogP contribution in [0.1, 0.15) is 12.0 Å². The van der Waals surface area contributed by atoms with E-state index in [2.05, 4.69) is 45.7 Å². The number of hydrogen-bond donors (Lipinski definition) is 2. The fourth-order valence-corrected chi connectivity index (χ4v) is 3.09. The average molecular weight is 363 g/mol. The Morgan fingerprint density at radius 1 is 1.07 bits per heavy atom. The molecule has 1 amide bonds. The number of nitriles is 1. The predicted molar refractivity (Wildman–Crippen MR) is 109 cm³/mol. The van der Waals surface area contributed by atoms with Crippen molar-refractivity contribution in [3.63, 3.8) is 0 Å². The van der Waals surface area contributed by atoms with Crippen LogP contribution in [0, 0.1) is 11.3 Å². The topological polar surface area (TPSA) is 71.4 Å². The van der Waals surface area contributed by atoms with Crippen LogP contribution in [0.2, 0.25) is 0 Å². The van der Waals surface area contributed by atoms with E-state index in [9.17, 15) is 4.79 Å². The number of piperazine rings is 1. The van der Waals surface area contributed by atoms with Crippen molar-refractivity contribution in [1.82, 2.24) is 4.90 Å². The Labute approximate surface area is 160 Å². The summed E-state index contributed by atoms with van der Waals surface area (Å²) in [4.78, 5) is 16.8. The number of nitrogens with zero attached hydrogens (tertiary/aromatic N) is 3. The Balaban J connectivity index is 1.46. The van der Waals surface area contributed by atoms with Crippen molar-refractivity contribution in [2.24, 2.45) is 0 Å². The average Bonchev–Trinajstić information content (AvgIpc) is 2.69. The first-order valence-electron chi connectivity index (χ1n) is 9.22. The number of carbonyl (C=O) groups is 1. The van der Waals surface area contributed by atoms with Gasteiger partial charge in [0.25, 0.3) is 0 Å². The van der Waals surface area contributed by atoms with Gasteiger partial charge in [0.05, 0.1) is 11.3 Å². The summed E-state index contributed by atoms with van der Waals surface area (Å²) in [6.07, 6.45) is 0.333. The maximum absolute atomic E-state index is 12.1. The molecule has 2 N–H and O–H groups in total. The number of carbonyl (C=O) groups excluding carboxylic acids is 1. The Hall–Kier alpha value is -3.04. The van der Waals surface area contributed by atoms with Gasteiger partial charge >= 0.3 is 0 Å². The first-order valence-corrected chi connectivity index (χ1v) is 9.22. The summed E-state index contributed by atoms with van der Waals surface area (Å²) in [7, 11) is 2.14. The van der Waals surface area contributed by atoms with Crippen molar-refractivity contribution >= 4 is 23.0 Å². The normalized spacial score (nSPS) is 14.4. The molecule has 0 unspecified atom stereocenters. The minimum atomic E-state index is -0.0516. The van der Waals surface area contributed by atoms with Crippen LogP contribution >= 0.6 is 0 Å². The van der Waals surface area contributed by atoms with Crippen LogP contribution in [-0.4, -0.2) is 50.6 Å². The molecule has 0 radical (unpaired) electrons. The first-order chi connectivity index (χ1) is 13.2. The molecule has 0 spiro atoms. The van der Waals surface area contributed by atoms with Crippen molar-refractivity contribution in [1.29, 1.82) is 5.26 Å². The quantitative estimate of drug-likeness (QED) is 0.826. The van der Waals surface area contributed by atoms with E-state index in [-0.39, 0.29) is 5.91 Å². The maximum Gasteiger partial charge on any atom is 0.226 e. The van der Waals surface area contributed by atoms with Gasteiger partial charge in [0.15, 0.2) is 0 Å². The Kier molecular flexibility index (Phi) is 6.29. The third kappa shape index (κ3) is 5.22. The second-order valence-electron chi connectivity index (χ2n) is 6.72. The molecular formula is C21H25N5O. The predicted octanol–water partition coefficient (Wildman–Crippen LogP) is 2.75. The summed E-state index contributed by atoms with van der Waals surface area (Å²) in [5.41, 5.74) is 3.33. The highest BCUT2D eigenvalue weighted by Gasteiger charge is 2.14. The van der Waals surface area contributed by atoms with Crippen LogP contribution in [0.15, 0.2) is 48.5 Å². The number of rotatable bonds is 6. The van der Waals surface area contributed by atoms with Crippen LogP contribution in [-0.2, 0) is 4.79 Å². The molecule has 3 rings (SSSR count). The molecule has 0 saturated carbocycles. The molecule has 2 aromatic rings. The van der Waals surface area contributed by atoms with Gasteiger partial charge in [0.2, 0.25) is 5.91 Å². The summed E-state index contributed by atoms with van der Waals surface area (Å²) < 4.78 is 0. The summed E-state index contributed by atoms with van der Waals surface area (Å²) >= 11 is 0. The van der Waals surface area contributed by atoms with Gasteiger partial charge in [-0.15, -0.1) is 0 Å². The van der Waals surface area contributed by atoms with Crippen molar-refractivity contribution in [2.45, 2.75) is 6.42 Å². The molecule has 2 aromatic carbocycles. The lowest BCUT2D eigenvalue weighted by Gasteiger charge is -2.34. The van der Waals surface area contributed by atoms with Crippen molar-refractivity contribution in [3.8, 4) is 6.07 Å². The fraction of sp³-hybridized carbons (Fsp3) is 0.333. The molecule has 140 valence electrons. The number of likely N-dealkylation sites (N-methyl/N-ethyl adjacent to an activating group) is 1. The Bertz CT molecular complexity index is 804. The lowest BCUT2D eigenvalue weighted by molar-refractivity contribution is -0.115. The van der Waals surface area contributed by atoms with Gasteiger partial charge in [-0.1, -0.05) is 12.1 Å². The summed E-state index contributed by atoms with van der Waals surface area (Å²) in [6.45, 7) is 4.67. The number of anilines is 3. The summed E-state index contributed by atoms with van der Waals surface area (Å²) in [5.74, 6) is -0.0516. The highest BCUT2D eigenvalue weighted by Crippen LogP contribution is 2.19. The van der Waals surface area contributed by atoms with Gasteiger partial charge in [-0.3, -0.25) is 4.79 Å². The minimum Gasteiger partial charge on any atom is -0.383 e. The molecule has 6 heteroatoms. The first kappa shape index (κ1) is 18.7. The van der Waals surface area contributed by atoms with Crippen LogP contribution in [0.5, 0.6) is 0 Å². The second kappa shape index (κ2) is 9.06. The molecule has 1 aliphatic heterocycles. The van der Waals surface area contributed by atoms with Crippen molar-refractivity contribution in [3.05, 3.63) is 54.1 Å². The van der Waals surface area contributed by atoms with E-state index >= 15 is 0 Å². The third-order valence-corrected chi connectivity index (χ3v) is 4.73. The molecule has 0 bridgehead atoms. The maximum atomic E-state index is 12.1. The van der Waals surface area contributed by atoms with Gasteiger partial charge < -0.3 is 20.4 Å².